The molecule has 0 aromatic carbocycles. The van der Waals surface area contributed by atoms with E-state index in [1.807, 2.05) is 4.90 Å². The van der Waals surface area contributed by atoms with Crippen LogP contribution in [0.5, 0.6) is 0 Å². The summed E-state index contributed by atoms with van der Waals surface area (Å²) in [6, 6.07) is 0. The highest BCUT2D eigenvalue weighted by Gasteiger charge is 2.20. The predicted molar refractivity (Wildman–Crippen MR) is 96.2 cm³/mol. The van der Waals surface area contributed by atoms with E-state index in [9.17, 15) is 4.79 Å². The van der Waals surface area contributed by atoms with Gasteiger partial charge >= 0.3 is 0 Å². The molecule has 0 bridgehead atoms. The summed E-state index contributed by atoms with van der Waals surface area (Å²) in [5, 5.41) is 6.67. The van der Waals surface area contributed by atoms with Crippen molar-refractivity contribution in [1.29, 1.82) is 0 Å². The summed E-state index contributed by atoms with van der Waals surface area (Å²) in [6.07, 6.45) is 3.69. The molecular weight excluding hydrogens is 306 g/mol. The molecule has 0 aromatic rings. The van der Waals surface area contributed by atoms with E-state index in [-0.39, 0.29) is 5.91 Å². The van der Waals surface area contributed by atoms with Crippen LogP contribution in [0, 0.1) is 5.92 Å². The zero-order valence-electron chi connectivity index (χ0n) is 15.2. The second-order valence-corrected chi connectivity index (χ2v) is 6.65. The molecule has 0 unspecified atom stereocenters. The van der Waals surface area contributed by atoms with E-state index in [4.69, 9.17) is 4.74 Å². The number of hydrogen-bond donors (Lipinski definition) is 2. The summed E-state index contributed by atoms with van der Waals surface area (Å²) in [5.74, 6) is 1.86. The number of nitrogens with zero attached hydrogens (tertiary/aromatic N) is 3. The first kappa shape index (κ1) is 19.0. The van der Waals surface area contributed by atoms with Crippen molar-refractivity contribution >= 4 is 11.9 Å². The Bertz CT molecular complexity index is 404. The molecular formula is C17H33N5O2. The van der Waals surface area contributed by atoms with Gasteiger partial charge in [-0.05, 0) is 25.2 Å². The van der Waals surface area contributed by atoms with Gasteiger partial charge in [0.05, 0.1) is 0 Å². The lowest BCUT2D eigenvalue weighted by Crippen LogP contribution is -2.50. The predicted octanol–water partition coefficient (Wildman–Crippen LogP) is 0.132. The van der Waals surface area contributed by atoms with Crippen molar-refractivity contribution in [3.63, 3.8) is 0 Å². The number of guanidine groups is 1. The van der Waals surface area contributed by atoms with Crippen molar-refractivity contribution in [3.05, 3.63) is 0 Å². The zero-order chi connectivity index (χ0) is 17.2. The lowest BCUT2D eigenvalue weighted by atomic mass is 10.3. The van der Waals surface area contributed by atoms with E-state index in [1.165, 1.54) is 12.8 Å². The van der Waals surface area contributed by atoms with Gasteiger partial charge in [-0.3, -0.25) is 14.7 Å². The van der Waals surface area contributed by atoms with Crippen molar-refractivity contribution in [2.24, 2.45) is 10.9 Å². The fourth-order valence-corrected chi connectivity index (χ4v) is 2.75. The van der Waals surface area contributed by atoms with Gasteiger partial charge in [0, 0.05) is 73.0 Å². The second-order valence-electron chi connectivity index (χ2n) is 6.65. The smallest absolute Gasteiger partial charge is 0.219 e. The number of carbonyl (C=O) groups excluding carboxylic acids is 1. The van der Waals surface area contributed by atoms with Crippen molar-refractivity contribution in [1.82, 2.24) is 20.4 Å². The van der Waals surface area contributed by atoms with E-state index in [0.29, 0.717) is 0 Å². The van der Waals surface area contributed by atoms with Crippen LogP contribution in [0.2, 0.25) is 0 Å². The van der Waals surface area contributed by atoms with Gasteiger partial charge in [-0.1, -0.05) is 0 Å². The molecule has 1 aliphatic heterocycles. The van der Waals surface area contributed by atoms with Crippen LogP contribution >= 0.6 is 0 Å². The number of hydrogen-bond acceptors (Lipinski definition) is 4. The van der Waals surface area contributed by atoms with Crippen LogP contribution in [-0.2, 0) is 9.53 Å². The maximum Gasteiger partial charge on any atom is 0.219 e. The number of carbonyl (C=O) groups is 1. The average molecular weight is 339 g/mol. The summed E-state index contributed by atoms with van der Waals surface area (Å²) >= 11 is 0. The van der Waals surface area contributed by atoms with Gasteiger partial charge in [0.25, 0.3) is 0 Å². The molecule has 7 heteroatoms. The fourth-order valence-electron chi connectivity index (χ4n) is 2.75. The number of piperazine rings is 1. The van der Waals surface area contributed by atoms with Crippen LogP contribution in [-0.4, -0.2) is 87.7 Å². The van der Waals surface area contributed by atoms with Gasteiger partial charge in [-0.15, -0.1) is 0 Å². The van der Waals surface area contributed by atoms with E-state index < -0.39 is 0 Å². The molecule has 1 saturated heterocycles. The van der Waals surface area contributed by atoms with E-state index in [2.05, 4.69) is 20.5 Å². The van der Waals surface area contributed by atoms with Gasteiger partial charge in [-0.2, -0.15) is 0 Å². The summed E-state index contributed by atoms with van der Waals surface area (Å²) in [4.78, 5) is 19.8. The minimum atomic E-state index is 0.179. The number of ether oxygens (including phenoxy) is 1. The molecule has 1 aliphatic carbocycles. The average Bonchev–Trinajstić information content (AvgIpc) is 3.41. The highest BCUT2D eigenvalue weighted by molar-refractivity contribution is 5.79. The van der Waals surface area contributed by atoms with Gasteiger partial charge in [0.1, 0.15) is 0 Å². The Kier molecular flexibility index (Phi) is 8.32. The van der Waals surface area contributed by atoms with E-state index in [1.54, 1.807) is 14.0 Å². The fraction of sp³-hybridized carbons (Fsp3) is 0.882. The minimum Gasteiger partial charge on any atom is -0.381 e. The molecule has 1 amide bonds. The summed E-state index contributed by atoms with van der Waals surface area (Å²) < 4.78 is 5.62. The van der Waals surface area contributed by atoms with Crippen LogP contribution in [0.4, 0.5) is 0 Å². The lowest BCUT2D eigenvalue weighted by molar-refractivity contribution is -0.130. The molecule has 0 spiro atoms. The summed E-state index contributed by atoms with van der Waals surface area (Å²) in [5.41, 5.74) is 0. The first-order chi connectivity index (χ1) is 11.7. The van der Waals surface area contributed by atoms with Crippen LogP contribution < -0.4 is 10.6 Å². The molecule has 2 fully saturated rings. The molecule has 2 N–H and O–H groups in total. The molecule has 138 valence electrons. The maximum atomic E-state index is 11.3. The Labute approximate surface area is 145 Å². The Morgan fingerprint density at radius 2 is 1.88 bits per heavy atom. The molecule has 7 nitrogen and oxygen atoms in total. The maximum absolute atomic E-state index is 11.3. The van der Waals surface area contributed by atoms with Gasteiger partial charge in [0.2, 0.25) is 5.91 Å². The number of aliphatic imine (C=N–C) groups is 1. The molecule has 0 aromatic heterocycles. The van der Waals surface area contributed by atoms with Crippen LogP contribution in [0.25, 0.3) is 0 Å². The molecule has 0 radical (unpaired) electrons. The number of nitrogens with one attached hydrogen (secondary N) is 2. The van der Waals surface area contributed by atoms with Crippen LogP contribution in [0.1, 0.15) is 26.2 Å². The largest absolute Gasteiger partial charge is 0.381 e. The molecule has 1 heterocycles. The third kappa shape index (κ3) is 7.49. The minimum absolute atomic E-state index is 0.179. The number of amides is 1. The standard InChI is InChI=1S/C17H33N5O2/c1-15(23)22-11-9-21(10-12-22)8-7-20-17(18-2)19-6-3-13-24-14-16-4-5-16/h16H,3-14H2,1-2H3,(H2,18,19,20). The first-order valence-corrected chi connectivity index (χ1v) is 9.19. The van der Waals surface area contributed by atoms with E-state index in [0.717, 1.165) is 77.3 Å². The number of rotatable bonds is 9. The van der Waals surface area contributed by atoms with Crippen molar-refractivity contribution in [3.8, 4) is 0 Å². The Morgan fingerprint density at radius 1 is 1.17 bits per heavy atom. The Hall–Kier alpha value is -1.34. The summed E-state index contributed by atoms with van der Waals surface area (Å²) in [6.45, 7) is 9.68. The highest BCUT2D eigenvalue weighted by Crippen LogP contribution is 2.28. The second kappa shape index (κ2) is 10.5. The highest BCUT2D eigenvalue weighted by atomic mass is 16.5. The SMILES string of the molecule is CN=C(NCCCOCC1CC1)NCCN1CCN(C(C)=O)CC1. The third-order valence-electron chi connectivity index (χ3n) is 4.57. The van der Waals surface area contributed by atoms with Crippen molar-refractivity contribution in [2.45, 2.75) is 26.2 Å². The van der Waals surface area contributed by atoms with Gasteiger partial charge in [-0.25, -0.2) is 0 Å². The first-order valence-electron chi connectivity index (χ1n) is 9.19. The Morgan fingerprint density at radius 3 is 2.50 bits per heavy atom. The van der Waals surface area contributed by atoms with E-state index >= 15 is 0 Å². The van der Waals surface area contributed by atoms with Crippen molar-refractivity contribution in [2.75, 3.05) is 66.1 Å². The molecule has 1 saturated carbocycles. The molecule has 2 aliphatic rings. The molecule has 0 atom stereocenters. The molecule has 24 heavy (non-hydrogen) atoms. The summed E-state index contributed by atoms with van der Waals surface area (Å²) in [7, 11) is 1.80. The van der Waals surface area contributed by atoms with Crippen LogP contribution in [0.3, 0.4) is 0 Å². The Balaban J connectivity index is 1.46. The zero-order valence-corrected chi connectivity index (χ0v) is 15.2. The van der Waals surface area contributed by atoms with Gasteiger partial charge < -0.3 is 20.3 Å². The topological polar surface area (TPSA) is 69.2 Å². The third-order valence-corrected chi connectivity index (χ3v) is 4.57. The van der Waals surface area contributed by atoms with Crippen LogP contribution in [0.15, 0.2) is 4.99 Å². The van der Waals surface area contributed by atoms with Crippen molar-refractivity contribution < 1.29 is 9.53 Å². The monoisotopic (exact) mass is 339 g/mol. The normalized spacial score (nSPS) is 19.4. The lowest BCUT2D eigenvalue weighted by Gasteiger charge is -2.34. The quantitative estimate of drug-likeness (QED) is 0.355. The molecule has 2 rings (SSSR count). The van der Waals surface area contributed by atoms with Gasteiger partial charge in [0.15, 0.2) is 5.96 Å².